The Morgan fingerprint density at radius 1 is 1.33 bits per heavy atom. The maximum Gasteiger partial charge on any atom is 0.220 e. The summed E-state index contributed by atoms with van der Waals surface area (Å²) in [6.45, 7) is 6.19. The van der Waals surface area contributed by atoms with Crippen LogP contribution in [0.15, 0.2) is 12.1 Å². The smallest absolute Gasteiger partial charge is 0.220 e. The maximum atomic E-state index is 7.58. The molecule has 1 rings (SSSR count). The monoisotopic (exact) mass is 204 g/mol. The Hall–Kier alpha value is -1.64. The normalized spacial score (nSPS) is 9.80. The van der Waals surface area contributed by atoms with Crippen molar-refractivity contribution >= 4 is 12.3 Å². The summed E-state index contributed by atoms with van der Waals surface area (Å²) in [6, 6.07) is 3.86. The maximum absolute atomic E-state index is 7.58. The minimum atomic E-state index is 0.0267. The minimum absolute atomic E-state index is 0.0267. The molecule has 0 heterocycles. The molecule has 0 atom stereocenters. The summed E-state index contributed by atoms with van der Waals surface area (Å²) >= 11 is 0. The summed E-state index contributed by atoms with van der Waals surface area (Å²) in [5.41, 5.74) is 4.39. The first-order chi connectivity index (χ1) is 7.10. The molecule has 0 saturated heterocycles. The molecule has 80 valence electrons. The molecule has 0 unspecified atom stereocenters. The van der Waals surface area contributed by atoms with Crippen LogP contribution in [0, 0.1) is 24.7 Å². The number of aryl methyl sites for hydroxylation is 2. The van der Waals surface area contributed by atoms with Gasteiger partial charge in [0.15, 0.2) is 6.40 Å². The number of ether oxygens (including phenoxy) is 1. The first-order valence-corrected chi connectivity index (χ1v) is 4.94. The highest BCUT2D eigenvalue weighted by atomic mass is 16.5. The Kier molecular flexibility index (Phi) is 3.61. The molecule has 0 saturated carbocycles. The molecule has 0 aliphatic rings. The second-order valence-corrected chi connectivity index (χ2v) is 3.51. The van der Waals surface area contributed by atoms with Gasteiger partial charge >= 0.3 is 0 Å². The summed E-state index contributed by atoms with van der Waals surface area (Å²) in [4.78, 5) is 0. The van der Waals surface area contributed by atoms with E-state index in [0.29, 0.717) is 0 Å². The van der Waals surface area contributed by atoms with Crippen LogP contribution in [0.1, 0.15) is 29.2 Å². The minimum Gasteiger partial charge on any atom is -0.428 e. The molecular weight excluding hydrogens is 188 g/mol. The SMILES string of the molecule is CCc1c(C)cc(C(=N)OC=N)cc1C. The van der Waals surface area contributed by atoms with Crippen molar-refractivity contribution in [1.82, 2.24) is 0 Å². The molecule has 3 nitrogen and oxygen atoms in total. The third-order valence-electron chi connectivity index (χ3n) is 2.49. The second kappa shape index (κ2) is 4.73. The zero-order chi connectivity index (χ0) is 11.4. The lowest BCUT2D eigenvalue weighted by atomic mass is 9.97. The van der Waals surface area contributed by atoms with E-state index in [1.165, 1.54) is 16.7 Å². The van der Waals surface area contributed by atoms with Gasteiger partial charge in [0.25, 0.3) is 0 Å². The molecule has 0 aliphatic carbocycles. The van der Waals surface area contributed by atoms with Gasteiger partial charge in [-0.15, -0.1) is 0 Å². The van der Waals surface area contributed by atoms with E-state index >= 15 is 0 Å². The van der Waals surface area contributed by atoms with Gasteiger partial charge in [-0.2, -0.15) is 0 Å². The van der Waals surface area contributed by atoms with Crippen LogP contribution in [0.4, 0.5) is 0 Å². The van der Waals surface area contributed by atoms with E-state index in [2.05, 4.69) is 6.92 Å². The first kappa shape index (κ1) is 11.4. The zero-order valence-electron chi connectivity index (χ0n) is 9.35. The molecule has 15 heavy (non-hydrogen) atoms. The molecule has 0 aromatic heterocycles. The highest BCUT2D eigenvalue weighted by molar-refractivity contribution is 5.95. The van der Waals surface area contributed by atoms with Crippen molar-refractivity contribution in [2.75, 3.05) is 0 Å². The largest absolute Gasteiger partial charge is 0.428 e. The van der Waals surface area contributed by atoms with E-state index < -0.39 is 0 Å². The highest BCUT2D eigenvalue weighted by Crippen LogP contribution is 2.17. The lowest BCUT2D eigenvalue weighted by molar-refractivity contribution is 0.561. The van der Waals surface area contributed by atoms with Gasteiger partial charge < -0.3 is 4.74 Å². The van der Waals surface area contributed by atoms with Gasteiger partial charge in [0.1, 0.15) is 0 Å². The van der Waals surface area contributed by atoms with E-state index in [-0.39, 0.29) is 5.90 Å². The predicted octanol–water partition coefficient (Wildman–Crippen LogP) is 2.81. The lowest BCUT2D eigenvalue weighted by Crippen LogP contribution is -2.05. The third kappa shape index (κ3) is 2.43. The first-order valence-electron chi connectivity index (χ1n) is 4.94. The van der Waals surface area contributed by atoms with Crippen LogP contribution in [0.2, 0.25) is 0 Å². The molecule has 1 aromatic carbocycles. The number of benzene rings is 1. The average molecular weight is 204 g/mol. The van der Waals surface area contributed by atoms with Crippen LogP contribution in [-0.4, -0.2) is 12.3 Å². The summed E-state index contributed by atoms with van der Waals surface area (Å²) < 4.78 is 4.74. The van der Waals surface area contributed by atoms with Crippen LogP contribution in [0.25, 0.3) is 0 Å². The predicted molar refractivity (Wildman–Crippen MR) is 62.0 cm³/mol. The molecule has 0 radical (unpaired) electrons. The van der Waals surface area contributed by atoms with Crippen molar-refractivity contribution in [2.24, 2.45) is 0 Å². The van der Waals surface area contributed by atoms with Gasteiger partial charge in [-0.3, -0.25) is 10.8 Å². The Balaban J connectivity index is 3.13. The molecule has 0 fully saturated rings. The Morgan fingerprint density at radius 3 is 2.27 bits per heavy atom. The van der Waals surface area contributed by atoms with Gasteiger partial charge in [-0.1, -0.05) is 6.92 Å². The Labute approximate surface area is 90.1 Å². The summed E-state index contributed by atoms with van der Waals surface area (Å²) in [5, 5.41) is 14.4. The van der Waals surface area contributed by atoms with Crippen LogP contribution in [-0.2, 0) is 11.2 Å². The van der Waals surface area contributed by atoms with Crippen LogP contribution in [0.5, 0.6) is 0 Å². The molecule has 3 heteroatoms. The number of nitrogens with one attached hydrogen (secondary N) is 2. The van der Waals surface area contributed by atoms with Gasteiger partial charge in [0.05, 0.1) is 0 Å². The quantitative estimate of drug-likeness (QED) is 0.577. The molecule has 1 aromatic rings. The van der Waals surface area contributed by atoms with Crippen LogP contribution >= 0.6 is 0 Å². The molecular formula is C12H16N2O. The van der Waals surface area contributed by atoms with E-state index in [1.54, 1.807) is 0 Å². The molecule has 0 spiro atoms. The van der Waals surface area contributed by atoms with Crippen molar-refractivity contribution < 1.29 is 4.74 Å². The third-order valence-corrected chi connectivity index (χ3v) is 2.49. The standard InChI is InChI=1S/C12H16N2O/c1-4-11-8(2)5-10(6-9(11)3)12(14)15-7-13/h5-7,13-14H,4H2,1-3H3. The van der Waals surface area contributed by atoms with Crippen molar-refractivity contribution in [1.29, 1.82) is 10.8 Å². The van der Waals surface area contributed by atoms with Crippen LogP contribution < -0.4 is 0 Å². The van der Waals surface area contributed by atoms with Gasteiger partial charge in [-0.05, 0) is 49.1 Å². The number of hydrogen-bond acceptors (Lipinski definition) is 3. The fourth-order valence-electron chi connectivity index (χ4n) is 1.81. The fourth-order valence-corrected chi connectivity index (χ4v) is 1.81. The highest BCUT2D eigenvalue weighted by Gasteiger charge is 2.07. The Bertz CT molecular complexity index is 374. The van der Waals surface area contributed by atoms with E-state index in [0.717, 1.165) is 18.4 Å². The van der Waals surface area contributed by atoms with Crippen molar-refractivity contribution in [3.05, 3.63) is 34.4 Å². The van der Waals surface area contributed by atoms with Crippen molar-refractivity contribution in [2.45, 2.75) is 27.2 Å². The zero-order valence-corrected chi connectivity index (χ0v) is 9.35. The lowest BCUT2D eigenvalue weighted by Gasteiger charge is -2.10. The summed E-state index contributed by atoms with van der Waals surface area (Å²) in [6.07, 6.45) is 1.78. The topological polar surface area (TPSA) is 56.9 Å². The average Bonchev–Trinajstić information content (AvgIpc) is 2.17. The number of rotatable bonds is 3. The van der Waals surface area contributed by atoms with Crippen LogP contribution in [0.3, 0.4) is 0 Å². The number of hydrogen-bond donors (Lipinski definition) is 2. The van der Waals surface area contributed by atoms with Gasteiger partial charge in [0, 0.05) is 5.56 Å². The Morgan fingerprint density at radius 2 is 1.87 bits per heavy atom. The molecule has 0 bridgehead atoms. The van der Waals surface area contributed by atoms with E-state index in [1.807, 2.05) is 26.0 Å². The van der Waals surface area contributed by atoms with Crippen molar-refractivity contribution in [3.63, 3.8) is 0 Å². The summed E-state index contributed by atoms with van der Waals surface area (Å²) in [7, 11) is 0. The molecule has 0 aliphatic heterocycles. The van der Waals surface area contributed by atoms with E-state index in [9.17, 15) is 0 Å². The van der Waals surface area contributed by atoms with Gasteiger partial charge in [0.2, 0.25) is 5.90 Å². The van der Waals surface area contributed by atoms with Crippen molar-refractivity contribution in [3.8, 4) is 0 Å². The second-order valence-electron chi connectivity index (χ2n) is 3.51. The van der Waals surface area contributed by atoms with E-state index in [4.69, 9.17) is 15.6 Å². The summed E-state index contributed by atoms with van der Waals surface area (Å²) in [5.74, 6) is 0.0267. The van der Waals surface area contributed by atoms with Gasteiger partial charge in [-0.25, -0.2) is 0 Å². The molecule has 0 amide bonds. The fraction of sp³-hybridized carbons (Fsp3) is 0.333. The molecule has 2 N–H and O–H groups in total.